The molecule has 1 aromatic rings. The van der Waals surface area contributed by atoms with Crippen LogP contribution < -0.4 is 5.73 Å². The van der Waals surface area contributed by atoms with Gasteiger partial charge in [0.15, 0.2) is 0 Å². The van der Waals surface area contributed by atoms with Crippen molar-refractivity contribution in [1.29, 1.82) is 0 Å². The number of hydrogen-bond donors (Lipinski definition) is 1. The van der Waals surface area contributed by atoms with Crippen molar-refractivity contribution in [3.8, 4) is 0 Å². The maximum atomic E-state index is 11.7. The van der Waals surface area contributed by atoms with Gasteiger partial charge in [-0.3, -0.25) is 4.79 Å². The summed E-state index contributed by atoms with van der Waals surface area (Å²) in [5.74, 6) is -0.192. The van der Waals surface area contributed by atoms with E-state index >= 15 is 0 Å². The van der Waals surface area contributed by atoms with E-state index in [9.17, 15) is 4.79 Å². The molecule has 1 rings (SSSR count). The Labute approximate surface area is 138 Å². The van der Waals surface area contributed by atoms with Crippen molar-refractivity contribution in [3.63, 3.8) is 0 Å². The SMILES string of the molecule is CS(=O)(=O)[O-].C[N+](C)(C)[C@@H](CN)CC(=O)OCc1ccccc1. The summed E-state index contributed by atoms with van der Waals surface area (Å²) in [5, 5.41) is 0. The highest BCUT2D eigenvalue weighted by atomic mass is 32.2. The van der Waals surface area contributed by atoms with Gasteiger partial charge in [0.2, 0.25) is 0 Å². The van der Waals surface area contributed by atoms with E-state index in [2.05, 4.69) is 0 Å². The van der Waals surface area contributed by atoms with Gasteiger partial charge >= 0.3 is 5.97 Å². The number of nitrogens with zero attached hydrogens (tertiary/aromatic N) is 1. The third kappa shape index (κ3) is 12.7. The van der Waals surface area contributed by atoms with Gasteiger partial charge in [-0.25, -0.2) is 8.42 Å². The van der Waals surface area contributed by atoms with E-state index in [0.29, 0.717) is 30.3 Å². The molecule has 0 bridgehead atoms. The Morgan fingerprint density at radius 3 is 2.13 bits per heavy atom. The van der Waals surface area contributed by atoms with Crippen LogP contribution in [-0.4, -0.2) is 63.4 Å². The van der Waals surface area contributed by atoms with Crippen LogP contribution in [0.2, 0.25) is 0 Å². The maximum Gasteiger partial charge on any atom is 0.312 e. The normalized spacial score (nSPS) is 12.8. The van der Waals surface area contributed by atoms with E-state index in [1.54, 1.807) is 0 Å². The minimum Gasteiger partial charge on any atom is -0.748 e. The molecule has 0 amide bonds. The molecule has 0 saturated carbocycles. The summed E-state index contributed by atoms with van der Waals surface area (Å²) in [6, 6.07) is 9.76. The molecule has 0 radical (unpaired) electrons. The average Bonchev–Trinajstić information content (AvgIpc) is 2.40. The largest absolute Gasteiger partial charge is 0.748 e. The molecule has 8 heteroatoms. The van der Waals surface area contributed by atoms with Crippen molar-refractivity contribution < 1.29 is 27.0 Å². The number of rotatable bonds is 6. The Kier molecular flexibility index (Phi) is 8.99. The number of hydrogen-bond acceptors (Lipinski definition) is 6. The summed E-state index contributed by atoms with van der Waals surface area (Å²) >= 11 is 0. The van der Waals surface area contributed by atoms with Crippen molar-refractivity contribution >= 4 is 16.1 Å². The zero-order valence-corrected chi connectivity index (χ0v) is 14.9. The lowest BCUT2D eigenvalue weighted by Crippen LogP contribution is -2.50. The highest BCUT2D eigenvalue weighted by Crippen LogP contribution is 2.09. The van der Waals surface area contributed by atoms with E-state index in [0.717, 1.165) is 5.56 Å². The molecule has 0 unspecified atom stereocenters. The zero-order valence-electron chi connectivity index (χ0n) is 14.1. The average molecular weight is 346 g/mol. The number of ether oxygens (including phenoxy) is 1. The first kappa shape index (κ1) is 21.5. The molecular weight excluding hydrogens is 320 g/mol. The molecule has 0 aromatic heterocycles. The second-order valence-corrected chi connectivity index (χ2v) is 7.47. The quantitative estimate of drug-likeness (QED) is 0.451. The molecule has 0 heterocycles. The summed E-state index contributed by atoms with van der Waals surface area (Å²) < 4.78 is 33.1. The molecule has 1 aromatic carbocycles. The lowest BCUT2D eigenvalue weighted by Gasteiger charge is -2.32. The molecule has 0 aliphatic heterocycles. The van der Waals surface area contributed by atoms with Gasteiger partial charge in [-0.15, -0.1) is 0 Å². The molecule has 0 spiro atoms. The Morgan fingerprint density at radius 2 is 1.74 bits per heavy atom. The molecule has 0 fully saturated rings. The molecule has 0 aliphatic carbocycles. The van der Waals surface area contributed by atoms with E-state index in [-0.39, 0.29) is 12.0 Å². The van der Waals surface area contributed by atoms with Gasteiger partial charge in [-0.2, -0.15) is 0 Å². The fraction of sp³-hybridized carbons (Fsp3) is 0.533. The van der Waals surface area contributed by atoms with E-state index in [1.165, 1.54) is 0 Å². The number of likely N-dealkylation sites (N-methyl/N-ethyl adjacent to an activating group) is 1. The maximum absolute atomic E-state index is 11.7. The summed E-state index contributed by atoms with van der Waals surface area (Å²) in [6.45, 7) is 0.804. The van der Waals surface area contributed by atoms with Gasteiger partial charge in [-0.05, 0) is 5.56 Å². The fourth-order valence-electron chi connectivity index (χ4n) is 1.66. The highest BCUT2D eigenvalue weighted by molar-refractivity contribution is 7.84. The smallest absolute Gasteiger partial charge is 0.312 e. The van der Waals surface area contributed by atoms with Gasteiger partial charge in [0.05, 0.1) is 37.7 Å². The lowest BCUT2D eigenvalue weighted by molar-refractivity contribution is -0.893. The van der Waals surface area contributed by atoms with Crippen LogP contribution in [0.25, 0.3) is 0 Å². The van der Waals surface area contributed by atoms with Crippen LogP contribution in [0.5, 0.6) is 0 Å². The molecule has 132 valence electrons. The van der Waals surface area contributed by atoms with Gasteiger partial charge in [0, 0.05) is 12.8 Å². The van der Waals surface area contributed by atoms with E-state index in [1.807, 2.05) is 51.5 Å². The van der Waals surface area contributed by atoms with Crippen LogP contribution in [0.4, 0.5) is 0 Å². The number of carbonyl (C=O) groups excluding carboxylic acids is 1. The van der Waals surface area contributed by atoms with Crippen molar-refractivity contribution in [2.75, 3.05) is 33.9 Å². The van der Waals surface area contributed by atoms with Gasteiger partial charge in [0.1, 0.15) is 12.6 Å². The molecule has 23 heavy (non-hydrogen) atoms. The highest BCUT2D eigenvalue weighted by Gasteiger charge is 2.25. The summed E-state index contributed by atoms with van der Waals surface area (Å²) in [6.07, 6.45) is 0.958. The Balaban J connectivity index is 0.000000841. The Bertz CT molecular complexity index is 559. The predicted octanol–water partition coefficient (Wildman–Crippen LogP) is 0.315. The second-order valence-electron chi connectivity index (χ2n) is 6.06. The molecule has 0 aliphatic rings. The summed E-state index contributed by atoms with van der Waals surface area (Å²) in [7, 11) is 2.17. The minimum atomic E-state index is -3.92. The first-order chi connectivity index (χ1) is 10.4. The van der Waals surface area contributed by atoms with Crippen LogP contribution in [0.1, 0.15) is 12.0 Å². The fourth-order valence-corrected chi connectivity index (χ4v) is 1.66. The molecule has 2 N–H and O–H groups in total. The Morgan fingerprint density at radius 1 is 1.26 bits per heavy atom. The van der Waals surface area contributed by atoms with Crippen molar-refractivity contribution in [3.05, 3.63) is 35.9 Å². The summed E-state index contributed by atoms with van der Waals surface area (Å²) in [4.78, 5) is 11.7. The van der Waals surface area contributed by atoms with Gasteiger partial charge < -0.3 is 19.5 Å². The third-order valence-corrected chi connectivity index (χ3v) is 3.01. The van der Waals surface area contributed by atoms with Gasteiger partial charge in [-0.1, -0.05) is 30.3 Å². The molecule has 0 saturated heterocycles. The first-order valence-electron chi connectivity index (χ1n) is 7.05. The number of benzene rings is 1. The van der Waals surface area contributed by atoms with Crippen molar-refractivity contribution in [2.45, 2.75) is 19.1 Å². The third-order valence-electron chi connectivity index (χ3n) is 3.01. The van der Waals surface area contributed by atoms with Crippen molar-refractivity contribution in [1.82, 2.24) is 0 Å². The number of nitrogens with two attached hydrogens (primary N) is 1. The Hall–Kier alpha value is -1.48. The zero-order chi connectivity index (χ0) is 18.1. The van der Waals surface area contributed by atoms with E-state index in [4.69, 9.17) is 23.4 Å². The van der Waals surface area contributed by atoms with Crippen LogP contribution in [-0.2, 0) is 26.3 Å². The second kappa shape index (κ2) is 9.61. The minimum absolute atomic E-state index is 0.0910. The standard InChI is InChI=1S/C14H23N2O2.CH4O3S/c1-16(2,3)13(10-15)9-14(17)18-11-12-7-5-4-6-8-12;1-5(2,3)4/h4-8,13H,9-11,15H2,1-3H3;1H3,(H,2,3,4)/q+1;/p-1/t13-;/m1./s1. The van der Waals surface area contributed by atoms with Crippen molar-refractivity contribution in [2.24, 2.45) is 5.73 Å². The summed E-state index contributed by atoms with van der Waals surface area (Å²) in [5.41, 5.74) is 6.69. The number of esters is 1. The van der Waals surface area contributed by atoms with Crippen LogP contribution in [0.15, 0.2) is 30.3 Å². The number of quaternary nitrogens is 1. The molecular formula is C15H26N2O5S. The van der Waals surface area contributed by atoms with E-state index < -0.39 is 10.1 Å². The first-order valence-corrected chi connectivity index (χ1v) is 8.86. The van der Waals surface area contributed by atoms with Crippen LogP contribution >= 0.6 is 0 Å². The number of carbonyl (C=O) groups is 1. The monoisotopic (exact) mass is 346 g/mol. The topological polar surface area (TPSA) is 110 Å². The molecule has 7 nitrogen and oxygen atoms in total. The van der Waals surface area contributed by atoms with Gasteiger partial charge in [0.25, 0.3) is 0 Å². The predicted molar refractivity (Wildman–Crippen MR) is 87.4 cm³/mol. The lowest BCUT2D eigenvalue weighted by atomic mass is 10.1. The molecule has 1 atom stereocenters. The van der Waals surface area contributed by atoms with Crippen LogP contribution in [0, 0.1) is 0 Å². The van der Waals surface area contributed by atoms with Crippen LogP contribution in [0.3, 0.4) is 0 Å².